The number of hydrazine groups is 1. The normalized spacial score (nSPS) is 12.9. The summed E-state index contributed by atoms with van der Waals surface area (Å²) in [6.07, 6.45) is 4.78. The first-order valence-corrected chi connectivity index (χ1v) is 6.42. The SMILES string of the molecule is Cc1cc(C(Cc2cnn(C)c2)NN)sc1C. The first kappa shape index (κ1) is 12.3. The van der Waals surface area contributed by atoms with Crippen molar-refractivity contribution in [3.8, 4) is 0 Å². The van der Waals surface area contributed by atoms with Crippen LogP contribution in [0.2, 0.25) is 0 Å². The van der Waals surface area contributed by atoms with Crippen LogP contribution in [0.5, 0.6) is 0 Å². The van der Waals surface area contributed by atoms with Gasteiger partial charge in [0.05, 0.1) is 12.2 Å². The molecule has 17 heavy (non-hydrogen) atoms. The van der Waals surface area contributed by atoms with Crippen LogP contribution >= 0.6 is 11.3 Å². The lowest BCUT2D eigenvalue weighted by Gasteiger charge is -2.12. The van der Waals surface area contributed by atoms with Crippen LogP contribution in [0.15, 0.2) is 18.5 Å². The summed E-state index contributed by atoms with van der Waals surface area (Å²) in [6.45, 7) is 4.27. The second-order valence-electron chi connectivity index (χ2n) is 4.33. The molecule has 0 saturated heterocycles. The van der Waals surface area contributed by atoms with Gasteiger partial charge in [-0.25, -0.2) is 0 Å². The van der Waals surface area contributed by atoms with Crippen molar-refractivity contribution < 1.29 is 0 Å². The van der Waals surface area contributed by atoms with Crippen molar-refractivity contribution in [1.82, 2.24) is 15.2 Å². The van der Waals surface area contributed by atoms with E-state index >= 15 is 0 Å². The molecule has 3 N–H and O–H groups in total. The van der Waals surface area contributed by atoms with Gasteiger partial charge >= 0.3 is 0 Å². The Kier molecular flexibility index (Phi) is 3.61. The zero-order valence-corrected chi connectivity index (χ0v) is 11.2. The van der Waals surface area contributed by atoms with Crippen molar-refractivity contribution in [1.29, 1.82) is 0 Å². The van der Waals surface area contributed by atoms with Crippen LogP contribution in [-0.2, 0) is 13.5 Å². The van der Waals surface area contributed by atoms with E-state index in [0.29, 0.717) is 0 Å². The van der Waals surface area contributed by atoms with Gasteiger partial charge in [-0.15, -0.1) is 11.3 Å². The third kappa shape index (κ3) is 2.74. The zero-order valence-electron chi connectivity index (χ0n) is 10.4. The fourth-order valence-corrected chi connectivity index (χ4v) is 2.93. The van der Waals surface area contributed by atoms with E-state index in [1.807, 2.05) is 24.1 Å². The van der Waals surface area contributed by atoms with Gasteiger partial charge in [-0.2, -0.15) is 5.10 Å². The molecule has 0 fully saturated rings. The second kappa shape index (κ2) is 5.00. The van der Waals surface area contributed by atoms with Crippen LogP contribution in [0.25, 0.3) is 0 Å². The Labute approximate surface area is 105 Å². The Morgan fingerprint density at radius 2 is 2.29 bits per heavy atom. The smallest absolute Gasteiger partial charge is 0.0594 e. The molecule has 2 aromatic rings. The molecule has 0 aliphatic carbocycles. The number of thiophene rings is 1. The quantitative estimate of drug-likeness (QED) is 0.643. The first-order chi connectivity index (χ1) is 8.10. The van der Waals surface area contributed by atoms with Gasteiger partial charge in [0.1, 0.15) is 0 Å². The Morgan fingerprint density at radius 3 is 2.76 bits per heavy atom. The summed E-state index contributed by atoms with van der Waals surface area (Å²) in [6, 6.07) is 2.37. The van der Waals surface area contributed by atoms with E-state index in [-0.39, 0.29) is 6.04 Å². The largest absolute Gasteiger partial charge is 0.276 e. The molecule has 0 radical (unpaired) electrons. The number of hydrogen-bond donors (Lipinski definition) is 2. The average Bonchev–Trinajstić information content (AvgIpc) is 2.83. The van der Waals surface area contributed by atoms with Gasteiger partial charge in [-0.1, -0.05) is 0 Å². The molecule has 2 heterocycles. The molecule has 0 bridgehead atoms. The van der Waals surface area contributed by atoms with Crippen molar-refractivity contribution >= 4 is 11.3 Å². The molecule has 0 aliphatic heterocycles. The average molecular weight is 250 g/mol. The molecule has 2 rings (SSSR count). The fourth-order valence-electron chi connectivity index (χ4n) is 1.83. The van der Waals surface area contributed by atoms with Crippen molar-refractivity contribution in [3.63, 3.8) is 0 Å². The highest BCUT2D eigenvalue weighted by Gasteiger charge is 2.14. The van der Waals surface area contributed by atoms with E-state index in [9.17, 15) is 0 Å². The van der Waals surface area contributed by atoms with Gasteiger partial charge in [-0.3, -0.25) is 16.0 Å². The van der Waals surface area contributed by atoms with E-state index < -0.39 is 0 Å². The fraction of sp³-hybridized carbons (Fsp3) is 0.417. The number of nitrogens with zero attached hydrogens (tertiary/aromatic N) is 2. The van der Waals surface area contributed by atoms with Crippen molar-refractivity contribution in [3.05, 3.63) is 39.3 Å². The predicted molar refractivity (Wildman–Crippen MR) is 70.8 cm³/mol. The van der Waals surface area contributed by atoms with Crippen LogP contribution < -0.4 is 11.3 Å². The van der Waals surface area contributed by atoms with Crippen LogP contribution in [0.4, 0.5) is 0 Å². The number of aryl methyl sites for hydroxylation is 3. The third-order valence-corrected chi connectivity index (χ3v) is 4.19. The van der Waals surface area contributed by atoms with E-state index in [4.69, 9.17) is 5.84 Å². The maximum Gasteiger partial charge on any atom is 0.0594 e. The third-order valence-electron chi connectivity index (χ3n) is 2.93. The molecular weight excluding hydrogens is 232 g/mol. The molecule has 0 aromatic carbocycles. The molecule has 5 heteroatoms. The minimum atomic E-state index is 0.164. The van der Waals surface area contributed by atoms with Crippen LogP contribution in [0, 0.1) is 13.8 Å². The zero-order chi connectivity index (χ0) is 12.4. The molecule has 2 aromatic heterocycles. The van der Waals surface area contributed by atoms with E-state index in [1.54, 1.807) is 11.3 Å². The number of aromatic nitrogens is 2. The van der Waals surface area contributed by atoms with Gasteiger partial charge < -0.3 is 0 Å². The lowest BCUT2D eigenvalue weighted by molar-refractivity contribution is 0.560. The second-order valence-corrected chi connectivity index (χ2v) is 5.62. The monoisotopic (exact) mass is 250 g/mol. The number of nitrogens with one attached hydrogen (secondary N) is 1. The summed E-state index contributed by atoms with van der Waals surface area (Å²) in [4.78, 5) is 2.64. The number of hydrogen-bond acceptors (Lipinski definition) is 4. The number of rotatable bonds is 4. The maximum absolute atomic E-state index is 5.65. The Balaban J connectivity index is 2.16. The van der Waals surface area contributed by atoms with Gasteiger partial charge in [-0.05, 0) is 37.5 Å². The molecule has 1 atom stereocenters. The summed E-state index contributed by atoms with van der Waals surface area (Å²) in [7, 11) is 1.92. The highest BCUT2D eigenvalue weighted by molar-refractivity contribution is 7.12. The molecule has 92 valence electrons. The lowest BCUT2D eigenvalue weighted by Crippen LogP contribution is -2.28. The van der Waals surface area contributed by atoms with Gasteiger partial charge in [0.25, 0.3) is 0 Å². The Hall–Kier alpha value is -1.17. The molecule has 1 unspecified atom stereocenters. The maximum atomic E-state index is 5.65. The lowest BCUT2D eigenvalue weighted by atomic mass is 10.1. The molecule has 0 spiro atoms. The van der Waals surface area contributed by atoms with E-state index in [2.05, 4.69) is 30.4 Å². The van der Waals surface area contributed by atoms with E-state index in [1.165, 1.54) is 20.9 Å². The van der Waals surface area contributed by atoms with Crippen molar-refractivity contribution in [2.45, 2.75) is 26.3 Å². The topological polar surface area (TPSA) is 55.9 Å². The number of nitrogens with two attached hydrogens (primary N) is 1. The summed E-state index contributed by atoms with van der Waals surface area (Å²) in [5, 5.41) is 4.17. The molecule has 4 nitrogen and oxygen atoms in total. The Morgan fingerprint density at radius 1 is 1.53 bits per heavy atom. The van der Waals surface area contributed by atoms with Crippen LogP contribution in [0.3, 0.4) is 0 Å². The summed E-state index contributed by atoms with van der Waals surface area (Å²) >= 11 is 1.80. The van der Waals surface area contributed by atoms with E-state index in [0.717, 1.165) is 6.42 Å². The minimum Gasteiger partial charge on any atom is -0.276 e. The molecule has 0 saturated carbocycles. The first-order valence-electron chi connectivity index (χ1n) is 5.60. The molecular formula is C12H18N4S. The standard InChI is InChI=1S/C12H18N4S/c1-8-4-12(17-9(8)2)11(15-13)5-10-6-14-16(3)7-10/h4,6-7,11,15H,5,13H2,1-3H3. The molecule has 0 aliphatic rings. The van der Waals surface area contributed by atoms with Gasteiger partial charge in [0.15, 0.2) is 0 Å². The predicted octanol–water partition coefficient (Wildman–Crippen LogP) is 1.85. The molecule has 0 amide bonds. The summed E-state index contributed by atoms with van der Waals surface area (Å²) < 4.78 is 1.81. The van der Waals surface area contributed by atoms with Gasteiger partial charge in [0.2, 0.25) is 0 Å². The van der Waals surface area contributed by atoms with Gasteiger partial charge in [0, 0.05) is 23.0 Å². The van der Waals surface area contributed by atoms with Crippen LogP contribution in [0.1, 0.15) is 26.9 Å². The van der Waals surface area contributed by atoms with Crippen molar-refractivity contribution in [2.75, 3.05) is 0 Å². The minimum absolute atomic E-state index is 0.164. The Bertz CT molecular complexity index is 481. The summed E-state index contributed by atoms with van der Waals surface area (Å²) in [5.74, 6) is 5.65. The van der Waals surface area contributed by atoms with Crippen molar-refractivity contribution in [2.24, 2.45) is 12.9 Å². The summed E-state index contributed by atoms with van der Waals surface area (Å²) in [5.41, 5.74) is 5.41. The highest BCUT2D eigenvalue weighted by Crippen LogP contribution is 2.28. The highest BCUT2D eigenvalue weighted by atomic mass is 32.1. The van der Waals surface area contributed by atoms with Crippen LogP contribution in [-0.4, -0.2) is 9.78 Å².